The molecule has 0 aromatic carbocycles. The molecule has 0 rings (SSSR count). The van der Waals surface area contributed by atoms with Gasteiger partial charge in [-0.25, -0.2) is 0 Å². The van der Waals surface area contributed by atoms with Crippen LogP contribution in [-0.4, -0.2) is 15.4 Å². The molecule has 16 heavy (non-hydrogen) atoms. The van der Waals surface area contributed by atoms with Crippen LogP contribution in [0.2, 0.25) is 0 Å². The van der Waals surface area contributed by atoms with Gasteiger partial charge in [-0.2, -0.15) is 0 Å². The summed E-state index contributed by atoms with van der Waals surface area (Å²) in [5.41, 5.74) is -0.739. The maximum absolute atomic E-state index is 9.10. The Kier molecular flexibility index (Phi) is 4.99. The summed E-state index contributed by atoms with van der Waals surface area (Å²) in [5.74, 6) is 0.373. The van der Waals surface area contributed by atoms with Crippen molar-refractivity contribution in [2.45, 2.75) is 61.0 Å². The highest BCUT2D eigenvalue weighted by Gasteiger charge is 2.52. The summed E-state index contributed by atoms with van der Waals surface area (Å²) >= 11 is 0. The number of rotatable bonds is 4. The zero-order chi connectivity index (χ0) is 13.4. The molecule has 0 spiro atoms. The van der Waals surface area contributed by atoms with E-state index in [1.807, 2.05) is 13.8 Å². The third kappa shape index (κ3) is 2.95. The SMILES string of the molecule is CC(C)C(C)(C(C)(C)C)C(C)(C)OP(O)O. The minimum atomic E-state index is -2.32. The predicted molar refractivity (Wildman–Crippen MR) is 68.9 cm³/mol. The van der Waals surface area contributed by atoms with Crippen molar-refractivity contribution >= 4 is 8.60 Å². The Bertz CT molecular complexity index is 231. The van der Waals surface area contributed by atoms with Crippen LogP contribution in [0.4, 0.5) is 0 Å². The van der Waals surface area contributed by atoms with Gasteiger partial charge < -0.3 is 14.3 Å². The zero-order valence-corrected chi connectivity index (χ0v) is 12.7. The van der Waals surface area contributed by atoms with E-state index in [1.54, 1.807) is 0 Å². The van der Waals surface area contributed by atoms with E-state index in [9.17, 15) is 0 Å². The lowest BCUT2D eigenvalue weighted by Crippen LogP contribution is -2.54. The summed E-state index contributed by atoms with van der Waals surface area (Å²) in [4.78, 5) is 18.2. The predicted octanol–water partition coefficient (Wildman–Crippen LogP) is 3.70. The maximum Gasteiger partial charge on any atom is 0.327 e. The monoisotopic (exact) mass is 250 g/mol. The zero-order valence-electron chi connectivity index (χ0n) is 11.8. The second-order valence-corrected chi connectivity index (χ2v) is 7.15. The average Bonchev–Trinajstić information content (AvgIpc) is 1.97. The standard InChI is InChI=1S/C12H27O3P/c1-9(2)12(8,10(3,4)5)11(6,7)15-16(13)14/h9,13-14H,1-8H3. The van der Waals surface area contributed by atoms with Gasteiger partial charge in [0.1, 0.15) is 0 Å². The Morgan fingerprint density at radius 2 is 1.31 bits per heavy atom. The minimum Gasteiger partial charge on any atom is -0.328 e. The molecule has 0 saturated carbocycles. The van der Waals surface area contributed by atoms with Crippen LogP contribution >= 0.6 is 8.60 Å². The second-order valence-electron chi connectivity index (χ2n) is 6.46. The molecule has 98 valence electrons. The molecule has 1 unspecified atom stereocenters. The van der Waals surface area contributed by atoms with Crippen LogP contribution in [0.25, 0.3) is 0 Å². The van der Waals surface area contributed by atoms with Gasteiger partial charge in [-0.1, -0.05) is 41.5 Å². The Labute approximate surface area is 101 Å². The lowest BCUT2D eigenvalue weighted by Gasteiger charge is -2.55. The summed E-state index contributed by atoms with van der Waals surface area (Å²) in [7, 11) is -2.32. The first kappa shape index (κ1) is 16.3. The van der Waals surface area contributed by atoms with E-state index in [1.165, 1.54) is 0 Å². The fourth-order valence-electron chi connectivity index (χ4n) is 2.76. The molecule has 0 aliphatic carbocycles. The van der Waals surface area contributed by atoms with Gasteiger partial charge in [0, 0.05) is 5.41 Å². The highest BCUT2D eigenvalue weighted by atomic mass is 31.2. The Morgan fingerprint density at radius 1 is 0.938 bits per heavy atom. The molecular weight excluding hydrogens is 223 g/mol. The molecule has 0 aromatic rings. The van der Waals surface area contributed by atoms with E-state index in [2.05, 4.69) is 41.5 Å². The van der Waals surface area contributed by atoms with Crippen LogP contribution < -0.4 is 0 Å². The van der Waals surface area contributed by atoms with Crippen LogP contribution in [0.3, 0.4) is 0 Å². The molecule has 0 radical (unpaired) electrons. The lowest BCUT2D eigenvalue weighted by atomic mass is 9.54. The average molecular weight is 250 g/mol. The first-order chi connectivity index (χ1) is 6.86. The topological polar surface area (TPSA) is 49.7 Å². The molecule has 0 heterocycles. The molecule has 0 aliphatic rings. The Hall–Kier alpha value is 0.310. The van der Waals surface area contributed by atoms with Gasteiger partial charge in [-0.3, -0.25) is 0 Å². The van der Waals surface area contributed by atoms with E-state index < -0.39 is 14.2 Å². The van der Waals surface area contributed by atoms with Crippen LogP contribution in [0.1, 0.15) is 55.4 Å². The van der Waals surface area contributed by atoms with Crippen LogP contribution in [-0.2, 0) is 4.52 Å². The molecule has 0 amide bonds. The lowest BCUT2D eigenvalue weighted by molar-refractivity contribution is -0.121. The van der Waals surface area contributed by atoms with Crippen molar-refractivity contribution in [1.29, 1.82) is 0 Å². The van der Waals surface area contributed by atoms with Crippen molar-refractivity contribution in [2.75, 3.05) is 0 Å². The molecule has 0 bridgehead atoms. The van der Waals surface area contributed by atoms with Crippen molar-refractivity contribution < 1.29 is 14.3 Å². The normalized spacial score (nSPS) is 18.0. The molecule has 0 aromatic heterocycles. The van der Waals surface area contributed by atoms with E-state index in [0.29, 0.717) is 5.92 Å². The highest BCUT2D eigenvalue weighted by Crippen LogP contribution is 2.55. The largest absolute Gasteiger partial charge is 0.328 e. The van der Waals surface area contributed by atoms with Crippen molar-refractivity contribution in [3.8, 4) is 0 Å². The van der Waals surface area contributed by atoms with Crippen LogP contribution in [0, 0.1) is 16.7 Å². The van der Waals surface area contributed by atoms with Gasteiger partial charge in [0.15, 0.2) is 0 Å². The van der Waals surface area contributed by atoms with Gasteiger partial charge >= 0.3 is 8.60 Å². The van der Waals surface area contributed by atoms with Gasteiger partial charge in [0.05, 0.1) is 5.60 Å². The summed E-state index contributed by atoms with van der Waals surface area (Å²) < 4.78 is 5.37. The van der Waals surface area contributed by atoms with Crippen molar-refractivity contribution in [1.82, 2.24) is 0 Å². The molecule has 0 aliphatic heterocycles. The molecule has 0 saturated heterocycles. The molecular formula is C12H27O3P. The van der Waals surface area contributed by atoms with Crippen molar-refractivity contribution in [3.05, 3.63) is 0 Å². The Balaban J connectivity index is 5.36. The van der Waals surface area contributed by atoms with Gasteiger partial charge in [-0.15, -0.1) is 0 Å². The van der Waals surface area contributed by atoms with E-state index in [-0.39, 0.29) is 10.8 Å². The van der Waals surface area contributed by atoms with Crippen LogP contribution in [0.15, 0.2) is 0 Å². The summed E-state index contributed by atoms with van der Waals surface area (Å²) in [6.07, 6.45) is 0. The van der Waals surface area contributed by atoms with Crippen LogP contribution in [0.5, 0.6) is 0 Å². The molecule has 1 atom stereocenters. The van der Waals surface area contributed by atoms with E-state index >= 15 is 0 Å². The fraction of sp³-hybridized carbons (Fsp3) is 1.00. The Morgan fingerprint density at radius 3 is 1.50 bits per heavy atom. The molecule has 4 heteroatoms. The van der Waals surface area contributed by atoms with E-state index in [4.69, 9.17) is 14.3 Å². The second kappa shape index (κ2) is 4.89. The van der Waals surface area contributed by atoms with E-state index in [0.717, 1.165) is 0 Å². The van der Waals surface area contributed by atoms with Gasteiger partial charge in [0.25, 0.3) is 0 Å². The minimum absolute atomic E-state index is 0.00993. The van der Waals surface area contributed by atoms with Gasteiger partial charge in [0.2, 0.25) is 0 Å². The smallest absolute Gasteiger partial charge is 0.327 e. The highest BCUT2D eigenvalue weighted by molar-refractivity contribution is 7.39. The van der Waals surface area contributed by atoms with Gasteiger partial charge in [-0.05, 0) is 25.2 Å². The third-order valence-electron chi connectivity index (χ3n) is 4.27. The maximum atomic E-state index is 9.10. The molecule has 0 fully saturated rings. The molecule has 3 nitrogen and oxygen atoms in total. The first-order valence-corrected chi connectivity index (χ1v) is 6.90. The quantitative estimate of drug-likeness (QED) is 0.748. The number of hydrogen-bond acceptors (Lipinski definition) is 3. The van der Waals surface area contributed by atoms with Crippen molar-refractivity contribution in [2.24, 2.45) is 16.7 Å². The molecule has 2 N–H and O–H groups in total. The summed E-state index contributed by atoms with van der Waals surface area (Å²) in [5, 5.41) is 0. The summed E-state index contributed by atoms with van der Waals surface area (Å²) in [6, 6.07) is 0. The van der Waals surface area contributed by atoms with Crippen molar-refractivity contribution in [3.63, 3.8) is 0 Å². The fourth-order valence-corrected chi connectivity index (χ4v) is 3.36. The first-order valence-electron chi connectivity index (χ1n) is 5.73. The third-order valence-corrected chi connectivity index (χ3v) is 4.89. The number of hydrogen-bond donors (Lipinski definition) is 2. The summed E-state index contributed by atoms with van der Waals surface area (Å²) in [6.45, 7) is 16.8.